The van der Waals surface area contributed by atoms with E-state index in [1.54, 1.807) is 18.5 Å². The van der Waals surface area contributed by atoms with Crippen LogP contribution in [0.5, 0.6) is 0 Å². The molecule has 2 aromatic rings. The van der Waals surface area contributed by atoms with Crippen LogP contribution in [0.2, 0.25) is 0 Å². The number of hydrogen-bond donors (Lipinski definition) is 2. The summed E-state index contributed by atoms with van der Waals surface area (Å²) >= 11 is 0. The van der Waals surface area contributed by atoms with Gasteiger partial charge in [0.25, 0.3) is 5.91 Å². The highest BCUT2D eigenvalue weighted by molar-refractivity contribution is 5.92. The molecule has 21 heavy (non-hydrogen) atoms. The van der Waals surface area contributed by atoms with Crippen LogP contribution in [0.1, 0.15) is 35.7 Å². The molecule has 0 radical (unpaired) electrons. The summed E-state index contributed by atoms with van der Waals surface area (Å²) in [5, 5.41) is 9.81. The standard InChI is InChI=1S/C15H20N4O2/c1-11(2)8-18-15(20)14-7-13(21-19-14)10-17-9-12-3-5-16-6-4-12/h3-7,11,17H,8-10H2,1-2H3,(H,18,20). The summed E-state index contributed by atoms with van der Waals surface area (Å²) < 4.78 is 5.14. The zero-order valence-electron chi connectivity index (χ0n) is 12.3. The van der Waals surface area contributed by atoms with E-state index in [1.165, 1.54) is 0 Å². The molecule has 0 bridgehead atoms. The number of carbonyl (C=O) groups excluding carboxylic acids is 1. The first-order valence-electron chi connectivity index (χ1n) is 6.98. The highest BCUT2D eigenvalue weighted by atomic mass is 16.5. The van der Waals surface area contributed by atoms with Gasteiger partial charge >= 0.3 is 0 Å². The van der Waals surface area contributed by atoms with Gasteiger partial charge in [-0.05, 0) is 23.6 Å². The van der Waals surface area contributed by atoms with Crippen LogP contribution >= 0.6 is 0 Å². The van der Waals surface area contributed by atoms with Gasteiger partial charge in [0.05, 0.1) is 6.54 Å². The third-order valence-electron chi connectivity index (χ3n) is 2.84. The summed E-state index contributed by atoms with van der Waals surface area (Å²) in [4.78, 5) is 15.8. The Kier molecular flexibility index (Phi) is 5.45. The number of nitrogens with one attached hydrogen (secondary N) is 2. The number of amides is 1. The van der Waals surface area contributed by atoms with Gasteiger partial charge in [-0.15, -0.1) is 0 Å². The average molecular weight is 288 g/mol. The van der Waals surface area contributed by atoms with Crippen molar-refractivity contribution in [1.29, 1.82) is 0 Å². The van der Waals surface area contributed by atoms with E-state index in [4.69, 9.17) is 4.52 Å². The highest BCUT2D eigenvalue weighted by Gasteiger charge is 2.12. The lowest BCUT2D eigenvalue weighted by Crippen LogP contribution is -2.27. The molecule has 2 N–H and O–H groups in total. The third-order valence-corrected chi connectivity index (χ3v) is 2.84. The van der Waals surface area contributed by atoms with Gasteiger partial charge in [-0.1, -0.05) is 19.0 Å². The van der Waals surface area contributed by atoms with Crippen molar-refractivity contribution in [3.63, 3.8) is 0 Å². The molecular weight excluding hydrogens is 268 g/mol. The number of rotatable bonds is 7. The Labute approximate surface area is 123 Å². The van der Waals surface area contributed by atoms with Crippen LogP contribution < -0.4 is 10.6 Å². The molecule has 0 saturated heterocycles. The second kappa shape index (κ2) is 7.54. The second-order valence-corrected chi connectivity index (χ2v) is 5.24. The smallest absolute Gasteiger partial charge is 0.273 e. The fraction of sp³-hybridized carbons (Fsp3) is 0.400. The first-order chi connectivity index (χ1) is 10.1. The normalized spacial score (nSPS) is 10.8. The number of nitrogens with zero attached hydrogens (tertiary/aromatic N) is 2. The van der Waals surface area contributed by atoms with Crippen molar-refractivity contribution < 1.29 is 9.32 Å². The Morgan fingerprint density at radius 1 is 1.29 bits per heavy atom. The number of carbonyl (C=O) groups is 1. The lowest BCUT2D eigenvalue weighted by Gasteiger charge is -2.04. The van der Waals surface area contributed by atoms with E-state index in [-0.39, 0.29) is 5.91 Å². The van der Waals surface area contributed by atoms with Crippen molar-refractivity contribution in [3.05, 3.63) is 47.6 Å². The minimum atomic E-state index is -0.201. The van der Waals surface area contributed by atoms with Crippen LogP contribution in [0.3, 0.4) is 0 Å². The van der Waals surface area contributed by atoms with Crippen molar-refractivity contribution >= 4 is 5.91 Å². The zero-order chi connectivity index (χ0) is 15.1. The molecule has 0 unspecified atom stereocenters. The molecule has 2 heterocycles. The topological polar surface area (TPSA) is 80.0 Å². The number of hydrogen-bond acceptors (Lipinski definition) is 5. The van der Waals surface area contributed by atoms with Gasteiger partial charge in [0.15, 0.2) is 11.5 Å². The van der Waals surface area contributed by atoms with E-state index < -0.39 is 0 Å². The van der Waals surface area contributed by atoms with Gasteiger partial charge in [0.1, 0.15) is 0 Å². The van der Waals surface area contributed by atoms with Gasteiger partial charge in [-0.2, -0.15) is 0 Å². The van der Waals surface area contributed by atoms with Crippen molar-refractivity contribution in [3.8, 4) is 0 Å². The van der Waals surface area contributed by atoms with E-state index in [9.17, 15) is 4.79 Å². The SMILES string of the molecule is CC(C)CNC(=O)c1cc(CNCc2ccncc2)on1. The summed E-state index contributed by atoms with van der Waals surface area (Å²) in [6.07, 6.45) is 3.51. The average Bonchev–Trinajstić information content (AvgIpc) is 2.95. The van der Waals surface area contributed by atoms with Crippen LogP contribution in [-0.2, 0) is 13.1 Å². The Morgan fingerprint density at radius 2 is 2.05 bits per heavy atom. The maximum absolute atomic E-state index is 11.8. The first-order valence-corrected chi connectivity index (χ1v) is 6.98. The van der Waals surface area contributed by atoms with E-state index in [0.717, 1.165) is 5.56 Å². The largest absolute Gasteiger partial charge is 0.359 e. The lowest BCUT2D eigenvalue weighted by molar-refractivity contribution is 0.0940. The predicted molar refractivity (Wildman–Crippen MR) is 78.5 cm³/mol. The van der Waals surface area contributed by atoms with Gasteiger partial charge in [-0.25, -0.2) is 0 Å². The summed E-state index contributed by atoms with van der Waals surface area (Å²) in [5.74, 6) is 0.842. The Morgan fingerprint density at radius 3 is 2.76 bits per heavy atom. The summed E-state index contributed by atoms with van der Waals surface area (Å²) in [6, 6.07) is 5.55. The van der Waals surface area contributed by atoms with Gasteiger partial charge in [-0.3, -0.25) is 9.78 Å². The van der Waals surface area contributed by atoms with E-state index in [1.807, 2.05) is 26.0 Å². The molecule has 0 atom stereocenters. The van der Waals surface area contributed by atoms with E-state index in [0.29, 0.717) is 37.0 Å². The van der Waals surface area contributed by atoms with Crippen molar-refractivity contribution in [1.82, 2.24) is 20.8 Å². The summed E-state index contributed by atoms with van der Waals surface area (Å²) in [6.45, 7) is 5.93. The van der Waals surface area contributed by atoms with Crippen LogP contribution in [0, 0.1) is 5.92 Å². The van der Waals surface area contributed by atoms with Crippen molar-refractivity contribution in [2.45, 2.75) is 26.9 Å². The Balaban J connectivity index is 1.79. The molecule has 0 aliphatic heterocycles. The van der Waals surface area contributed by atoms with Gasteiger partial charge in [0, 0.05) is 31.5 Å². The maximum Gasteiger partial charge on any atom is 0.273 e. The van der Waals surface area contributed by atoms with Crippen molar-refractivity contribution in [2.24, 2.45) is 5.92 Å². The molecule has 112 valence electrons. The van der Waals surface area contributed by atoms with E-state index in [2.05, 4.69) is 20.8 Å². The molecular formula is C15H20N4O2. The molecule has 0 fully saturated rings. The molecule has 0 saturated carbocycles. The van der Waals surface area contributed by atoms with Crippen LogP contribution in [-0.4, -0.2) is 22.6 Å². The summed E-state index contributed by atoms with van der Waals surface area (Å²) in [5.41, 5.74) is 1.45. The summed E-state index contributed by atoms with van der Waals surface area (Å²) in [7, 11) is 0. The molecule has 0 aromatic carbocycles. The fourth-order valence-electron chi connectivity index (χ4n) is 1.72. The Hall–Kier alpha value is -2.21. The predicted octanol–water partition coefficient (Wildman–Crippen LogP) is 1.75. The second-order valence-electron chi connectivity index (χ2n) is 5.24. The molecule has 6 heteroatoms. The molecule has 0 aliphatic rings. The van der Waals surface area contributed by atoms with Crippen molar-refractivity contribution in [2.75, 3.05) is 6.54 Å². The molecule has 1 amide bonds. The van der Waals surface area contributed by atoms with E-state index >= 15 is 0 Å². The quantitative estimate of drug-likeness (QED) is 0.811. The molecule has 6 nitrogen and oxygen atoms in total. The fourth-order valence-corrected chi connectivity index (χ4v) is 1.72. The number of pyridine rings is 1. The third kappa shape index (κ3) is 5.00. The van der Waals surface area contributed by atoms with Crippen LogP contribution in [0.4, 0.5) is 0 Å². The Bertz CT molecular complexity index is 566. The van der Waals surface area contributed by atoms with Crippen LogP contribution in [0.25, 0.3) is 0 Å². The molecule has 2 aromatic heterocycles. The number of aromatic nitrogens is 2. The van der Waals surface area contributed by atoms with Crippen LogP contribution in [0.15, 0.2) is 35.1 Å². The molecule has 0 aliphatic carbocycles. The monoisotopic (exact) mass is 288 g/mol. The highest BCUT2D eigenvalue weighted by Crippen LogP contribution is 2.04. The molecule has 2 rings (SSSR count). The zero-order valence-corrected chi connectivity index (χ0v) is 12.3. The first kappa shape index (κ1) is 15.2. The lowest BCUT2D eigenvalue weighted by atomic mass is 10.2. The molecule has 0 spiro atoms. The minimum absolute atomic E-state index is 0.201. The van der Waals surface area contributed by atoms with Gasteiger partial charge < -0.3 is 15.2 Å². The maximum atomic E-state index is 11.8. The van der Waals surface area contributed by atoms with Gasteiger partial charge in [0.2, 0.25) is 0 Å². The minimum Gasteiger partial charge on any atom is -0.359 e.